The van der Waals surface area contributed by atoms with Crippen LogP contribution in [0.1, 0.15) is 36.0 Å². The van der Waals surface area contributed by atoms with Crippen molar-refractivity contribution in [3.63, 3.8) is 0 Å². The van der Waals surface area contributed by atoms with Crippen LogP contribution >= 0.6 is 0 Å². The number of nitrogens with one attached hydrogen (secondary N) is 1. The number of rotatable bonds is 8. The molecule has 32 heavy (non-hydrogen) atoms. The van der Waals surface area contributed by atoms with Gasteiger partial charge in [-0.15, -0.1) is 0 Å². The Morgan fingerprint density at radius 3 is 2.41 bits per heavy atom. The van der Waals surface area contributed by atoms with E-state index in [2.05, 4.69) is 10.2 Å². The maximum absolute atomic E-state index is 12.9. The Kier molecular flexibility index (Phi) is 8.01. The van der Waals surface area contributed by atoms with Gasteiger partial charge in [0.05, 0.1) is 19.8 Å². The molecule has 1 fully saturated rings. The number of hydrogen-bond acceptors (Lipinski definition) is 4. The molecule has 0 bridgehead atoms. The molecule has 1 aliphatic heterocycles. The maximum atomic E-state index is 12.9. The highest BCUT2D eigenvalue weighted by Gasteiger charge is 2.30. The van der Waals surface area contributed by atoms with Gasteiger partial charge < -0.3 is 14.8 Å². The standard InChI is InChI=1S/C24H29F3N2O3/c1-31-21-8-6-17(15-22(21)32-2)7-9-23(30)28-20-10-12-29(13-11-20)16-18-4-3-5-19(14-18)24(25,26)27/h3-6,8,14-15,20H,7,9-13,16H2,1-2H3,(H,28,30). The maximum Gasteiger partial charge on any atom is 0.416 e. The molecule has 2 aromatic carbocycles. The average molecular weight is 451 g/mol. The predicted molar refractivity (Wildman–Crippen MR) is 116 cm³/mol. The third kappa shape index (κ3) is 6.63. The van der Waals surface area contributed by atoms with Crippen molar-refractivity contribution in [1.82, 2.24) is 10.2 Å². The van der Waals surface area contributed by atoms with Crippen LogP contribution in [0.15, 0.2) is 42.5 Å². The van der Waals surface area contributed by atoms with E-state index in [0.29, 0.717) is 36.4 Å². The zero-order chi connectivity index (χ0) is 23.1. The Bertz CT molecular complexity index is 910. The van der Waals surface area contributed by atoms with Crippen LogP contribution in [0.5, 0.6) is 11.5 Å². The topological polar surface area (TPSA) is 50.8 Å². The highest BCUT2D eigenvalue weighted by Crippen LogP contribution is 2.30. The Morgan fingerprint density at radius 1 is 1.03 bits per heavy atom. The molecule has 5 nitrogen and oxygen atoms in total. The second-order valence-corrected chi connectivity index (χ2v) is 8.01. The normalized spacial score (nSPS) is 15.4. The lowest BCUT2D eigenvalue weighted by molar-refractivity contribution is -0.137. The van der Waals surface area contributed by atoms with Crippen LogP contribution in [0.4, 0.5) is 13.2 Å². The molecule has 0 radical (unpaired) electrons. The molecular formula is C24H29F3N2O3. The lowest BCUT2D eigenvalue weighted by Crippen LogP contribution is -2.44. The first-order valence-electron chi connectivity index (χ1n) is 10.7. The molecule has 0 unspecified atom stereocenters. The van der Waals surface area contributed by atoms with Crippen molar-refractivity contribution < 1.29 is 27.4 Å². The zero-order valence-electron chi connectivity index (χ0n) is 18.4. The van der Waals surface area contributed by atoms with Gasteiger partial charge in [-0.2, -0.15) is 13.2 Å². The Morgan fingerprint density at radius 2 is 1.75 bits per heavy atom. The van der Waals surface area contributed by atoms with Crippen molar-refractivity contribution in [2.45, 2.75) is 44.4 Å². The molecular weight excluding hydrogens is 421 g/mol. The number of ether oxygens (including phenoxy) is 2. The van der Waals surface area contributed by atoms with Crippen molar-refractivity contribution in [3.05, 3.63) is 59.2 Å². The van der Waals surface area contributed by atoms with E-state index >= 15 is 0 Å². The average Bonchev–Trinajstić information content (AvgIpc) is 2.78. The number of halogens is 3. The molecule has 2 aromatic rings. The number of piperidine rings is 1. The third-order valence-corrected chi connectivity index (χ3v) is 5.70. The summed E-state index contributed by atoms with van der Waals surface area (Å²) in [4.78, 5) is 14.5. The zero-order valence-corrected chi connectivity index (χ0v) is 18.4. The Balaban J connectivity index is 1.42. The molecule has 174 valence electrons. The summed E-state index contributed by atoms with van der Waals surface area (Å²) in [6, 6.07) is 11.2. The van der Waals surface area contributed by atoms with Gasteiger partial charge in [-0.05, 0) is 48.6 Å². The molecule has 0 atom stereocenters. The van der Waals surface area contributed by atoms with Gasteiger partial charge in [-0.25, -0.2) is 0 Å². The minimum absolute atomic E-state index is 0.00360. The van der Waals surface area contributed by atoms with Gasteiger partial charge in [-0.3, -0.25) is 9.69 Å². The summed E-state index contributed by atoms with van der Waals surface area (Å²) in [5.41, 5.74) is 1.03. The number of carbonyl (C=O) groups is 1. The predicted octanol–water partition coefficient (Wildman–Crippen LogP) is 4.44. The second kappa shape index (κ2) is 10.7. The van der Waals surface area contributed by atoms with E-state index in [9.17, 15) is 18.0 Å². The number of hydrogen-bond donors (Lipinski definition) is 1. The van der Waals surface area contributed by atoms with E-state index in [1.165, 1.54) is 12.1 Å². The van der Waals surface area contributed by atoms with Crippen LogP contribution in [0, 0.1) is 0 Å². The molecule has 1 amide bonds. The number of nitrogens with zero attached hydrogens (tertiary/aromatic N) is 1. The van der Waals surface area contributed by atoms with Crippen molar-refractivity contribution in [2.75, 3.05) is 27.3 Å². The van der Waals surface area contributed by atoms with Gasteiger partial charge in [0.2, 0.25) is 5.91 Å². The molecule has 0 saturated carbocycles. The summed E-state index contributed by atoms with van der Waals surface area (Å²) < 4.78 is 49.2. The lowest BCUT2D eigenvalue weighted by atomic mass is 10.0. The fraction of sp³-hybridized carbons (Fsp3) is 0.458. The SMILES string of the molecule is COc1ccc(CCC(=O)NC2CCN(Cc3cccc(C(F)(F)F)c3)CC2)cc1OC. The molecule has 3 rings (SSSR count). The van der Waals surface area contributed by atoms with Crippen LogP contribution in [0.2, 0.25) is 0 Å². The Hall–Kier alpha value is -2.74. The van der Waals surface area contributed by atoms with Crippen LogP contribution in [0.25, 0.3) is 0 Å². The number of methoxy groups -OCH3 is 2. The third-order valence-electron chi connectivity index (χ3n) is 5.70. The summed E-state index contributed by atoms with van der Waals surface area (Å²) in [6.45, 7) is 1.94. The largest absolute Gasteiger partial charge is 0.493 e. The summed E-state index contributed by atoms with van der Waals surface area (Å²) in [5.74, 6) is 1.28. The highest BCUT2D eigenvalue weighted by molar-refractivity contribution is 5.76. The number of likely N-dealkylation sites (tertiary alicyclic amines) is 1. The first kappa shape index (κ1) is 23.9. The fourth-order valence-corrected chi connectivity index (χ4v) is 3.93. The van der Waals surface area contributed by atoms with Crippen LogP contribution in [-0.2, 0) is 23.9 Å². The van der Waals surface area contributed by atoms with Gasteiger partial charge in [0, 0.05) is 32.1 Å². The summed E-state index contributed by atoms with van der Waals surface area (Å²) in [7, 11) is 3.16. The van der Waals surface area contributed by atoms with Gasteiger partial charge in [0.25, 0.3) is 0 Å². The van der Waals surface area contributed by atoms with Gasteiger partial charge in [-0.1, -0.05) is 24.3 Å². The van der Waals surface area contributed by atoms with Gasteiger partial charge in [0.15, 0.2) is 11.5 Å². The van der Waals surface area contributed by atoms with Crippen molar-refractivity contribution in [3.8, 4) is 11.5 Å². The van der Waals surface area contributed by atoms with Crippen molar-refractivity contribution >= 4 is 5.91 Å². The molecule has 8 heteroatoms. The quantitative estimate of drug-likeness (QED) is 0.646. The minimum Gasteiger partial charge on any atom is -0.493 e. The number of aryl methyl sites for hydroxylation is 1. The van der Waals surface area contributed by atoms with Crippen molar-refractivity contribution in [2.24, 2.45) is 0 Å². The molecule has 1 N–H and O–H groups in total. The van der Waals surface area contributed by atoms with E-state index < -0.39 is 11.7 Å². The van der Waals surface area contributed by atoms with Gasteiger partial charge in [0.1, 0.15) is 0 Å². The van der Waals surface area contributed by atoms with E-state index in [1.54, 1.807) is 20.3 Å². The molecule has 0 aromatic heterocycles. The molecule has 0 aliphatic carbocycles. The van der Waals surface area contributed by atoms with Crippen LogP contribution in [0.3, 0.4) is 0 Å². The minimum atomic E-state index is -4.33. The van der Waals surface area contributed by atoms with Crippen LogP contribution < -0.4 is 14.8 Å². The smallest absolute Gasteiger partial charge is 0.416 e. The molecule has 0 spiro atoms. The monoisotopic (exact) mass is 450 g/mol. The molecule has 1 saturated heterocycles. The molecule has 1 aliphatic rings. The second-order valence-electron chi connectivity index (χ2n) is 8.01. The Labute approximate surface area is 186 Å². The number of benzene rings is 2. The number of amides is 1. The highest BCUT2D eigenvalue weighted by atomic mass is 19.4. The van der Waals surface area contributed by atoms with E-state index in [0.717, 1.165) is 37.6 Å². The van der Waals surface area contributed by atoms with E-state index in [1.807, 2.05) is 18.2 Å². The summed E-state index contributed by atoms with van der Waals surface area (Å²) >= 11 is 0. The lowest BCUT2D eigenvalue weighted by Gasteiger charge is -2.32. The summed E-state index contributed by atoms with van der Waals surface area (Å²) in [6.07, 6.45) is -1.80. The molecule has 1 heterocycles. The van der Waals surface area contributed by atoms with Crippen LogP contribution in [-0.4, -0.2) is 44.2 Å². The summed E-state index contributed by atoms with van der Waals surface area (Å²) in [5, 5.41) is 3.08. The van der Waals surface area contributed by atoms with Gasteiger partial charge >= 0.3 is 6.18 Å². The fourth-order valence-electron chi connectivity index (χ4n) is 3.93. The van der Waals surface area contributed by atoms with Crippen molar-refractivity contribution in [1.29, 1.82) is 0 Å². The number of carbonyl (C=O) groups excluding carboxylic acids is 1. The number of alkyl halides is 3. The van der Waals surface area contributed by atoms with E-state index in [4.69, 9.17) is 9.47 Å². The van der Waals surface area contributed by atoms with E-state index in [-0.39, 0.29) is 11.9 Å². The first-order chi connectivity index (χ1) is 15.3. The first-order valence-corrected chi connectivity index (χ1v) is 10.7.